The number of carbonyl (C=O) groups excluding carboxylic acids is 2. The van der Waals surface area contributed by atoms with Crippen molar-refractivity contribution in [2.45, 2.75) is 13.1 Å². The SMILES string of the molecule is CCOc1cc(/C=C2\SC(=S)N(c3cccc(C(F)(F)F)c3)C2=O)ccc1OCC(=O)Nc1ccc(F)cc1. The Balaban J connectivity index is 1.49. The molecule has 202 valence electrons. The van der Waals surface area contributed by atoms with Gasteiger partial charge >= 0.3 is 6.18 Å². The number of amides is 2. The van der Waals surface area contributed by atoms with Gasteiger partial charge in [0.25, 0.3) is 11.8 Å². The number of hydrogen-bond donors (Lipinski definition) is 1. The molecule has 12 heteroatoms. The van der Waals surface area contributed by atoms with Gasteiger partial charge in [-0.05, 0) is 73.2 Å². The molecule has 0 saturated carbocycles. The third-order valence-electron chi connectivity index (χ3n) is 5.28. The van der Waals surface area contributed by atoms with Gasteiger partial charge in [0.2, 0.25) is 0 Å². The summed E-state index contributed by atoms with van der Waals surface area (Å²) in [6, 6.07) is 14.5. The van der Waals surface area contributed by atoms with Crippen molar-refractivity contribution in [1.29, 1.82) is 0 Å². The van der Waals surface area contributed by atoms with E-state index in [1.54, 1.807) is 31.2 Å². The predicted molar refractivity (Wildman–Crippen MR) is 145 cm³/mol. The van der Waals surface area contributed by atoms with E-state index < -0.39 is 29.4 Å². The molecule has 4 rings (SSSR count). The quantitative estimate of drug-likeness (QED) is 0.184. The number of benzene rings is 3. The van der Waals surface area contributed by atoms with Crippen LogP contribution in [0.15, 0.2) is 71.6 Å². The van der Waals surface area contributed by atoms with Crippen LogP contribution in [0, 0.1) is 5.82 Å². The van der Waals surface area contributed by atoms with Crippen LogP contribution in [0.3, 0.4) is 0 Å². The normalized spacial score (nSPS) is 14.6. The molecule has 0 bridgehead atoms. The maximum Gasteiger partial charge on any atom is 0.416 e. The van der Waals surface area contributed by atoms with E-state index in [1.807, 2.05) is 0 Å². The molecule has 0 aliphatic carbocycles. The molecule has 0 spiro atoms. The average molecular weight is 577 g/mol. The molecule has 1 heterocycles. The average Bonchev–Trinajstić information content (AvgIpc) is 3.17. The van der Waals surface area contributed by atoms with E-state index >= 15 is 0 Å². The summed E-state index contributed by atoms with van der Waals surface area (Å²) in [7, 11) is 0. The maximum absolute atomic E-state index is 13.1. The maximum atomic E-state index is 13.1. The van der Waals surface area contributed by atoms with Crippen LogP contribution in [0.4, 0.5) is 28.9 Å². The minimum atomic E-state index is -4.56. The van der Waals surface area contributed by atoms with Crippen LogP contribution in [-0.2, 0) is 15.8 Å². The van der Waals surface area contributed by atoms with Gasteiger partial charge in [0.1, 0.15) is 5.82 Å². The fourth-order valence-electron chi connectivity index (χ4n) is 3.54. The molecule has 0 atom stereocenters. The zero-order chi connectivity index (χ0) is 28.2. The molecule has 0 aromatic heterocycles. The fraction of sp³-hybridized carbons (Fsp3) is 0.148. The number of hydrogen-bond acceptors (Lipinski definition) is 6. The van der Waals surface area contributed by atoms with Gasteiger partial charge in [0.05, 0.1) is 22.8 Å². The van der Waals surface area contributed by atoms with Gasteiger partial charge in [0.15, 0.2) is 22.4 Å². The number of alkyl halides is 3. The number of thioether (sulfide) groups is 1. The van der Waals surface area contributed by atoms with Crippen LogP contribution in [0.2, 0.25) is 0 Å². The van der Waals surface area contributed by atoms with Crippen molar-refractivity contribution in [2.75, 3.05) is 23.4 Å². The van der Waals surface area contributed by atoms with Crippen molar-refractivity contribution >= 4 is 57.6 Å². The Morgan fingerprint density at radius 1 is 1.05 bits per heavy atom. The van der Waals surface area contributed by atoms with E-state index in [2.05, 4.69) is 5.32 Å². The van der Waals surface area contributed by atoms with E-state index in [0.29, 0.717) is 23.6 Å². The summed E-state index contributed by atoms with van der Waals surface area (Å²) in [5.74, 6) is -0.857. The highest BCUT2D eigenvalue weighted by molar-refractivity contribution is 8.27. The first-order valence-corrected chi connectivity index (χ1v) is 12.7. The minimum absolute atomic E-state index is 0.0217. The largest absolute Gasteiger partial charge is 0.490 e. The molecule has 39 heavy (non-hydrogen) atoms. The van der Waals surface area contributed by atoms with Gasteiger partial charge in [-0.2, -0.15) is 13.2 Å². The van der Waals surface area contributed by atoms with Crippen molar-refractivity contribution in [3.8, 4) is 11.5 Å². The minimum Gasteiger partial charge on any atom is -0.490 e. The summed E-state index contributed by atoms with van der Waals surface area (Å²) < 4.78 is 63.8. The number of carbonyl (C=O) groups is 2. The van der Waals surface area contributed by atoms with Gasteiger partial charge in [-0.25, -0.2) is 4.39 Å². The highest BCUT2D eigenvalue weighted by Crippen LogP contribution is 2.39. The third-order valence-corrected chi connectivity index (χ3v) is 6.58. The first kappa shape index (κ1) is 28.1. The van der Waals surface area contributed by atoms with Crippen molar-refractivity contribution in [1.82, 2.24) is 0 Å². The van der Waals surface area contributed by atoms with E-state index in [1.165, 1.54) is 36.4 Å². The van der Waals surface area contributed by atoms with Crippen molar-refractivity contribution in [2.24, 2.45) is 0 Å². The van der Waals surface area contributed by atoms with Gasteiger partial charge in [-0.3, -0.25) is 14.5 Å². The summed E-state index contributed by atoms with van der Waals surface area (Å²) in [5, 5.41) is 2.59. The molecule has 6 nitrogen and oxygen atoms in total. The van der Waals surface area contributed by atoms with Crippen LogP contribution < -0.4 is 19.7 Å². The molecule has 3 aromatic carbocycles. The van der Waals surface area contributed by atoms with Gasteiger partial charge in [0, 0.05) is 5.69 Å². The number of thiocarbonyl (C=S) groups is 1. The molecule has 1 aliphatic heterocycles. The van der Waals surface area contributed by atoms with E-state index in [4.69, 9.17) is 21.7 Å². The fourth-order valence-corrected chi connectivity index (χ4v) is 4.84. The topological polar surface area (TPSA) is 67.9 Å². The van der Waals surface area contributed by atoms with Gasteiger partial charge in [-0.15, -0.1) is 0 Å². The molecule has 2 amide bonds. The number of nitrogens with zero attached hydrogens (tertiary/aromatic N) is 1. The van der Waals surface area contributed by atoms with Crippen molar-refractivity contribution < 1.29 is 36.6 Å². The van der Waals surface area contributed by atoms with Gasteiger partial charge < -0.3 is 14.8 Å². The zero-order valence-electron chi connectivity index (χ0n) is 20.3. The lowest BCUT2D eigenvalue weighted by Crippen LogP contribution is -2.27. The second-order valence-electron chi connectivity index (χ2n) is 8.05. The number of ether oxygens (including phenoxy) is 2. The second-order valence-corrected chi connectivity index (χ2v) is 9.72. The van der Waals surface area contributed by atoms with Crippen LogP contribution in [0.5, 0.6) is 11.5 Å². The Morgan fingerprint density at radius 3 is 2.49 bits per heavy atom. The smallest absolute Gasteiger partial charge is 0.416 e. The van der Waals surface area contributed by atoms with E-state index in [9.17, 15) is 27.2 Å². The summed E-state index contributed by atoms with van der Waals surface area (Å²) in [6.45, 7) is 1.71. The lowest BCUT2D eigenvalue weighted by atomic mass is 10.1. The molecule has 0 radical (unpaired) electrons. The number of rotatable bonds is 8. The molecular weight excluding hydrogens is 556 g/mol. The van der Waals surface area contributed by atoms with Crippen molar-refractivity contribution in [3.63, 3.8) is 0 Å². The molecule has 1 fully saturated rings. The summed E-state index contributed by atoms with van der Waals surface area (Å²) in [6.07, 6.45) is -3.02. The first-order chi connectivity index (χ1) is 18.5. The van der Waals surface area contributed by atoms with E-state index in [-0.39, 0.29) is 27.3 Å². The molecule has 1 aliphatic rings. The molecule has 0 unspecified atom stereocenters. The number of halogens is 4. The second kappa shape index (κ2) is 11.9. The Morgan fingerprint density at radius 2 is 1.79 bits per heavy atom. The molecule has 1 N–H and O–H groups in total. The van der Waals surface area contributed by atoms with Crippen LogP contribution in [0.1, 0.15) is 18.1 Å². The van der Waals surface area contributed by atoms with Gasteiger partial charge in [-0.1, -0.05) is 36.1 Å². The third kappa shape index (κ3) is 6.95. The number of anilines is 2. The standard InChI is InChI=1S/C27H20F4N2O4S2/c1-2-36-22-12-16(6-11-21(22)37-15-24(34)32-19-9-7-18(28)8-10-19)13-23-25(35)33(26(38)39-23)20-5-3-4-17(14-20)27(29,30)31/h3-14H,2,15H2,1H3,(H,32,34)/b23-13-. The van der Waals surface area contributed by atoms with Crippen LogP contribution in [-0.4, -0.2) is 29.3 Å². The Hall–Kier alpha value is -3.90. The molecule has 3 aromatic rings. The predicted octanol–water partition coefficient (Wildman–Crippen LogP) is 6.67. The molecular formula is C27H20F4N2O4S2. The monoisotopic (exact) mass is 576 g/mol. The Labute approximate surface area is 230 Å². The summed E-state index contributed by atoms with van der Waals surface area (Å²) in [5.41, 5.74) is 0.0913. The zero-order valence-corrected chi connectivity index (χ0v) is 21.9. The summed E-state index contributed by atoms with van der Waals surface area (Å²) in [4.78, 5) is 26.6. The Bertz CT molecular complexity index is 1440. The first-order valence-electron chi connectivity index (χ1n) is 11.5. The van der Waals surface area contributed by atoms with Crippen molar-refractivity contribution in [3.05, 3.63) is 88.6 Å². The summed E-state index contributed by atoms with van der Waals surface area (Å²) >= 11 is 6.24. The van der Waals surface area contributed by atoms with Crippen LogP contribution in [0.25, 0.3) is 6.08 Å². The highest BCUT2D eigenvalue weighted by Gasteiger charge is 2.36. The molecule has 1 saturated heterocycles. The Kier molecular flexibility index (Phi) is 8.56. The lowest BCUT2D eigenvalue weighted by molar-refractivity contribution is -0.137. The highest BCUT2D eigenvalue weighted by atomic mass is 32.2. The van der Waals surface area contributed by atoms with Crippen LogP contribution >= 0.6 is 24.0 Å². The van der Waals surface area contributed by atoms with E-state index in [0.717, 1.165) is 28.8 Å². The number of nitrogens with one attached hydrogen (secondary N) is 1. The lowest BCUT2D eigenvalue weighted by Gasteiger charge is -2.16.